The molecule has 1 unspecified atom stereocenters. The summed E-state index contributed by atoms with van der Waals surface area (Å²) in [5.41, 5.74) is 2.22. The SMILES string of the molecule is CN1CCN(C(=O)C2CCCN2S(=O)(=O)c2cccs2)Cc2ccccc21. The van der Waals surface area contributed by atoms with E-state index in [1.165, 1.54) is 15.6 Å². The summed E-state index contributed by atoms with van der Waals surface area (Å²) in [7, 11) is -1.59. The molecule has 0 saturated carbocycles. The molecule has 1 aromatic heterocycles. The lowest BCUT2D eigenvalue weighted by molar-refractivity contribution is -0.135. The molecule has 0 N–H and O–H groups in total. The molecule has 1 saturated heterocycles. The first kappa shape index (κ1) is 18.5. The van der Waals surface area contributed by atoms with Crippen LogP contribution < -0.4 is 4.90 Å². The van der Waals surface area contributed by atoms with E-state index in [1.54, 1.807) is 17.5 Å². The van der Waals surface area contributed by atoms with Gasteiger partial charge in [-0.15, -0.1) is 11.3 Å². The van der Waals surface area contributed by atoms with E-state index in [0.717, 1.165) is 17.8 Å². The zero-order chi connectivity index (χ0) is 19.0. The lowest BCUT2D eigenvalue weighted by atomic mass is 10.1. The third-order valence-corrected chi connectivity index (χ3v) is 8.61. The summed E-state index contributed by atoms with van der Waals surface area (Å²) in [5.74, 6) is -0.0854. The second-order valence-electron chi connectivity index (χ2n) is 7.02. The van der Waals surface area contributed by atoms with Gasteiger partial charge in [-0.25, -0.2) is 8.42 Å². The Bertz CT molecular complexity index is 927. The van der Waals surface area contributed by atoms with Crippen molar-refractivity contribution >= 4 is 33.0 Å². The van der Waals surface area contributed by atoms with Gasteiger partial charge >= 0.3 is 0 Å². The van der Waals surface area contributed by atoms with Crippen molar-refractivity contribution in [3.8, 4) is 0 Å². The number of hydrogen-bond acceptors (Lipinski definition) is 5. The number of hydrogen-bond donors (Lipinski definition) is 0. The van der Waals surface area contributed by atoms with Crippen LogP contribution in [0.4, 0.5) is 5.69 Å². The van der Waals surface area contributed by atoms with Crippen LogP contribution >= 0.6 is 11.3 Å². The van der Waals surface area contributed by atoms with Crippen molar-refractivity contribution in [2.45, 2.75) is 29.6 Å². The Morgan fingerprint density at radius 3 is 2.70 bits per heavy atom. The summed E-state index contributed by atoms with van der Waals surface area (Å²) in [6, 6.07) is 10.8. The van der Waals surface area contributed by atoms with E-state index < -0.39 is 16.1 Å². The summed E-state index contributed by atoms with van der Waals surface area (Å²) in [6.07, 6.45) is 1.29. The van der Waals surface area contributed by atoms with Gasteiger partial charge in [-0.1, -0.05) is 24.3 Å². The number of para-hydroxylation sites is 1. The number of sulfonamides is 1. The van der Waals surface area contributed by atoms with Crippen molar-refractivity contribution in [3.63, 3.8) is 0 Å². The van der Waals surface area contributed by atoms with E-state index in [4.69, 9.17) is 0 Å². The Morgan fingerprint density at radius 1 is 1.11 bits per heavy atom. The number of fused-ring (bicyclic) bond motifs is 1. The fourth-order valence-corrected chi connectivity index (χ4v) is 6.66. The van der Waals surface area contributed by atoms with Gasteiger partial charge in [0.05, 0.1) is 0 Å². The first-order valence-electron chi connectivity index (χ1n) is 9.11. The average molecular weight is 406 g/mol. The fourth-order valence-electron chi connectivity index (χ4n) is 3.89. The number of likely N-dealkylation sites (N-methyl/N-ethyl adjacent to an activating group) is 1. The van der Waals surface area contributed by atoms with Crippen LogP contribution in [0.5, 0.6) is 0 Å². The summed E-state index contributed by atoms with van der Waals surface area (Å²) >= 11 is 1.20. The van der Waals surface area contributed by atoms with Crippen molar-refractivity contribution in [2.75, 3.05) is 31.6 Å². The van der Waals surface area contributed by atoms with Crippen molar-refractivity contribution < 1.29 is 13.2 Å². The molecule has 4 rings (SSSR count). The second-order valence-corrected chi connectivity index (χ2v) is 10.1. The molecular formula is C19H23N3O3S2. The van der Waals surface area contributed by atoms with E-state index in [1.807, 2.05) is 30.1 Å². The predicted molar refractivity (Wildman–Crippen MR) is 106 cm³/mol. The fraction of sp³-hybridized carbons (Fsp3) is 0.421. The molecule has 2 aliphatic rings. The predicted octanol–water partition coefficient (Wildman–Crippen LogP) is 2.38. The molecule has 6 nitrogen and oxygen atoms in total. The largest absolute Gasteiger partial charge is 0.373 e. The molecule has 1 atom stereocenters. The highest BCUT2D eigenvalue weighted by atomic mass is 32.2. The van der Waals surface area contributed by atoms with Gasteiger partial charge in [0, 0.05) is 38.9 Å². The zero-order valence-corrected chi connectivity index (χ0v) is 16.9. The maximum Gasteiger partial charge on any atom is 0.253 e. The molecular weight excluding hydrogens is 382 g/mol. The molecule has 2 aliphatic heterocycles. The Morgan fingerprint density at radius 2 is 1.93 bits per heavy atom. The molecule has 1 fully saturated rings. The normalized spacial score (nSPS) is 21.1. The quantitative estimate of drug-likeness (QED) is 0.787. The van der Waals surface area contributed by atoms with Gasteiger partial charge in [-0.2, -0.15) is 4.31 Å². The van der Waals surface area contributed by atoms with Crippen LogP contribution in [-0.2, 0) is 21.4 Å². The van der Waals surface area contributed by atoms with Crippen molar-refractivity contribution in [3.05, 3.63) is 47.3 Å². The molecule has 0 radical (unpaired) electrons. The Hall–Kier alpha value is -1.90. The Balaban J connectivity index is 1.59. The minimum Gasteiger partial charge on any atom is -0.373 e. The van der Waals surface area contributed by atoms with E-state index in [-0.39, 0.29) is 5.91 Å². The number of thiophene rings is 1. The molecule has 0 bridgehead atoms. The van der Waals surface area contributed by atoms with Crippen LogP contribution in [0.1, 0.15) is 18.4 Å². The van der Waals surface area contributed by atoms with Crippen molar-refractivity contribution in [2.24, 2.45) is 0 Å². The first-order valence-corrected chi connectivity index (χ1v) is 11.4. The van der Waals surface area contributed by atoms with Crippen LogP contribution in [0.15, 0.2) is 46.0 Å². The topological polar surface area (TPSA) is 60.9 Å². The molecule has 3 heterocycles. The standard InChI is InChI=1S/C19H23N3O3S2/c1-20-11-12-21(14-15-6-2-3-7-16(15)20)19(23)17-8-4-10-22(17)27(24,25)18-9-5-13-26-18/h2-3,5-7,9,13,17H,4,8,10-12,14H2,1H3. The maximum atomic E-state index is 13.3. The monoisotopic (exact) mass is 405 g/mol. The number of anilines is 1. The van der Waals surface area contributed by atoms with Crippen LogP contribution in [0.2, 0.25) is 0 Å². The third-order valence-electron chi connectivity index (χ3n) is 5.33. The highest BCUT2D eigenvalue weighted by Gasteiger charge is 2.41. The molecule has 0 aliphatic carbocycles. The van der Waals surface area contributed by atoms with Gasteiger partial charge in [0.2, 0.25) is 5.91 Å². The van der Waals surface area contributed by atoms with Gasteiger partial charge in [0.15, 0.2) is 0 Å². The van der Waals surface area contributed by atoms with Crippen molar-refractivity contribution in [1.82, 2.24) is 9.21 Å². The van der Waals surface area contributed by atoms with E-state index in [0.29, 0.717) is 36.7 Å². The van der Waals surface area contributed by atoms with E-state index in [2.05, 4.69) is 11.0 Å². The summed E-state index contributed by atoms with van der Waals surface area (Å²) in [6.45, 7) is 2.24. The molecule has 2 aromatic rings. The number of benzene rings is 1. The highest BCUT2D eigenvalue weighted by Crippen LogP contribution is 2.31. The summed E-state index contributed by atoms with van der Waals surface area (Å²) in [4.78, 5) is 17.3. The third kappa shape index (κ3) is 3.37. The number of amides is 1. The second kappa shape index (κ2) is 7.26. The average Bonchev–Trinajstić information content (AvgIpc) is 3.34. The van der Waals surface area contributed by atoms with Gasteiger partial charge in [0.1, 0.15) is 10.3 Å². The van der Waals surface area contributed by atoms with E-state index >= 15 is 0 Å². The Labute approximate surface area is 164 Å². The van der Waals surface area contributed by atoms with Crippen molar-refractivity contribution in [1.29, 1.82) is 0 Å². The number of carbonyl (C=O) groups is 1. The lowest BCUT2D eigenvalue weighted by Crippen LogP contribution is -2.48. The molecule has 27 heavy (non-hydrogen) atoms. The molecule has 8 heteroatoms. The smallest absolute Gasteiger partial charge is 0.253 e. The summed E-state index contributed by atoms with van der Waals surface area (Å²) < 4.78 is 27.7. The molecule has 144 valence electrons. The number of carbonyl (C=O) groups excluding carboxylic acids is 1. The van der Waals surface area contributed by atoms with Crippen LogP contribution in [-0.4, -0.2) is 56.3 Å². The van der Waals surface area contributed by atoms with E-state index in [9.17, 15) is 13.2 Å². The van der Waals surface area contributed by atoms with Gasteiger partial charge < -0.3 is 9.80 Å². The Kier molecular flexibility index (Phi) is 4.96. The van der Waals surface area contributed by atoms with Crippen LogP contribution in [0.3, 0.4) is 0 Å². The van der Waals surface area contributed by atoms with Crippen LogP contribution in [0, 0.1) is 0 Å². The van der Waals surface area contributed by atoms with Gasteiger partial charge in [0.25, 0.3) is 10.0 Å². The lowest BCUT2D eigenvalue weighted by Gasteiger charge is -2.29. The zero-order valence-electron chi connectivity index (χ0n) is 15.2. The minimum absolute atomic E-state index is 0.0854. The highest BCUT2D eigenvalue weighted by molar-refractivity contribution is 7.91. The number of nitrogens with zero attached hydrogens (tertiary/aromatic N) is 3. The number of rotatable bonds is 3. The van der Waals surface area contributed by atoms with Crippen LogP contribution in [0.25, 0.3) is 0 Å². The minimum atomic E-state index is -3.61. The molecule has 1 aromatic carbocycles. The van der Waals surface area contributed by atoms with Gasteiger partial charge in [-0.05, 0) is 35.9 Å². The molecule has 1 amide bonds. The maximum absolute atomic E-state index is 13.3. The summed E-state index contributed by atoms with van der Waals surface area (Å²) in [5, 5.41) is 1.75. The molecule has 0 spiro atoms. The van der Waals surface area contributed by atoms with Gasteiger partial charge in [-0.3, -0.25) is 4.79 Å². The first-order chi connectivity index (χ1) is 13.0.